The fourth-order valence-corrected chi connectivity index (χ4v) is 1.63. The maximum absolute atomic E-state index is 13.4. The Morgan fingerprint density at radius 1 is 0.786 bits per heavy atom. The van der Waals surface area contributed by atoms with Gasteiger partial charge in [0.15, 0.2) is 11.6 Å². The van der Waals surface area contributed by atoms with Gasteiger partial charge in [0.25, 0.3) is 0 Å². The van der Waals surface area contributed by atoms with Crippen LogP contribution < -0.4 is 0 Å². The second-order valence-corrected chi connectivity index (χ2v) is 3.76. The molecule has 1 aromatic carbocycles. The molecule has 0 heterocycles. The third kappa shape index (κ3) is 1.51. The third-order valence-electron chi connectivity index (χ3n) is 2.40. The summed E-state index contributed by atoms with van der Waals surface area (Å²) in [6, 6.07) is 0. The Balaban J connectivity index is 3.60. The first-order valence-electron chi connectivity index (χ1n) is 4.51. The van der Waals surface area contributed by atoms with E-state index >= 15 is 0 Å². The zero-order valence-electron chi connectivity index (χ0n) is 8.71. The van der Waals surface area contributed by atoms with E-state index in [0.717, 1.165) is 0 Å². The number of hydrogen-bond donors (Lipinski definition) is 0. The van der Waals surface area contributed by atoms with Gasteiger partial charge in [-0.2, -0.15) is 0 Å². The molecule has 0 aromatic heterocycles. The molecule has 0 bridgehead atoms. The Labute approximate surface area is 81.8 Å². The number of benzene rings is 1. The van der Waals surface area contributed by atoms with E-state index in [-0.39, 0.29) is 22.6 Å². The topological polar surface area (TPSA) is 0 Å². The van der Waals surface area contributed by atoms with Gasteiger partial charge in [0.2, 0.25) is 0 Å². The monoisotopic (exact) mass is 202 g/mol. The average Bonchev–Trinajstić information content (AvgIpc) is 2.11. The first-order chi connectivity index (χ1) is 6.37. The SMILES string of the molecule is Cc1c(F)c(C)c(C(C)C)c(F)c1F. The van der Waals surface area contributed by atoms with Crippen molar-refractivity contribution in [2.24, 2.45) is 0 Å². The van der Waals surface area contributed by atoms with Crippen molar-refractivity contribution in [2.45, 2.75) is 33.6 Å². The van der Waals surface area contributed by atoms with Gasteiger partial charge in [-0.1, -0.05) is 13.8 Å². The number of hydrogen-bond acceptors (Lipinski definition) is 0. The highest BCUT2D eigenvalue weighted by atomic mass is 19.2. The van der Waals surface area contributed by atoms with Crippen LogP contribution in [0, 0.1) is 31.3 Å². The molecule has 0 nitrogen and oxygen atoms in total. The highest BCUT2D eigenvalue weighted by molar-refractivity contribution is 5.36. The van der Waals surface area contributed by atoms with Crippen molar-refractivity contribution in [3.63, 3.8) is 0 Å². The zero-order valence-corrected chi connectivity index (χ0v) is 8.71. The Bertz CT molecular complexity index is 338. The second kappa shape index (κ2) is 3.64. The summed E-state index contributed by atoms with van der Waals surface area (Å²) < 4.78 is 40.0. The third-order valence-corrected chi connectivity index (χ3v) is 2.40. The minimum absolute atomic E-state index is 0.130. The maximum Gasteiger partial charge on any atom is 0.164 e. The second-order valence-electron chi connectivity index (χ2n) is 3.76. The van der Waals surface area contributed by atoms with Crippen molar-refractivity contribution < 1.29 is 13.2 Å². The molecule has 0 fully saturated rings. The van der Waals surface area contributed by atoms with E-state index in [4.69, 9.17) is 0 Å². The summed E-state index contributed by atoms with van der Waals surface area (Å²) in [7, 11) is 0. The van der Waals surface area contributed by atoms with Crippen LogP contribution in [0.15, 0.2) is 0 Å². The Hall–Kier alpha value is -0.990. The predicted octanol–water partition coefficient (Wildman–Crippen LogP) is 3.84. The van der Waals surface area contributed by atoms with Crippen LogP contribution in [0.3, 0.4) is 0 Å². The summed E-state index contributed by atoms with van der Waals surface area (Å²) in [6.45, 7) is 6.13. The fourth-order valence-electron chi connectivity index (χ4n) is 1.63. The Morgan fingerprint density at radius 3 is 1.71 bits per heavy atom. The van der Waals surface area contributed by atoms with E-state index in [2.05, 4.69) is 0 Å². The minimum atomic E-state index is -1.07. The molecule has 0 saturated heterocycles. The number of halogens is 3. The summed E-state index contributed by atoms with van der Waals surface area (Å²) >= 11 is 0. The van der Waals surface area contributed by atoms with Crippen LogP contribution >= 0.6 is 0 Å². The molecule has 3 heteroatoms. The highest BCUT2D eigenvalue weighted by Crippen LogP contribution is 2.29. The van der Waals surface area contributed by atoms with Gasteiger partial charge < -0.3 is 0 Å². The molecule has 0 aliphatic rings. The quantitative estimate of drug-likeness (QED) is 0.607. The van der Waals surface area contributed by atoms with Crippen LogP contribution in [0.2, 0.25) is 0 Å². The molecular weight excluding hydrogens is 189 g/mol. The molecular formula is C11H13F3. The van der Waals surface area contributed by atoms with Gasteiger partial charge in [0.1, 0.15) is 5.82 Å². The molecule has 0 N–H and O–H groups in total. The summed E-state index contributed by atoms with van der Waals surface area (Å²) in [5.74, 6) is -2.86. The molecule has 78 valence electrons. The van der Waals surface area contributed by atoms with Crippen molar-refractivity contribution in [1.29, 1.82) is 0 Å². The average molecular weight is 202 g/mol. The highest BCUT2D eigenvalue weighted by Gasteiger charge is 2.21. The van der Waals surface area contributed by atoms with Gasteiger partial charge >= 0.3 is 0 Å². The van der Waals surface area contributed by atoms with Gasteiger partial charge in [0.05, 0.1) is 0 Å². The van der Waals surface area contributed by atoms with Crippen molar-refractivity contribution in [3.05, 3.63) is 34.1 Å². The fraction of sp³-hybridized carbons (Fsp3) is 0.455. The summed E-state index contributed by atoms with van der Waals surface area (Å²) in [5, 5.41) is 0. The first-order valence-corrected chi connectivity index (χ1v) is 4.51. The molecule has 14 heavy (non-hydrogen) atoms. The smallest absolute Gasteiger partial charge is 0.164 e. The molecule has 0 atom stereocenters. The lowest BCUT2D eigenvalue weighted by Crippen LogP contribution is -2.06. The van der Waals surface area contributed by atoms with E-state index in [9.17, 15) is 13.2 Å². The molecule has 0 unspecified atom stereocenters. The van der Waals surface area contributed by atoms with Gasteiger partial charge in [-0.3, -0.25) is 0 Å². The van der Waals surface area contributed by atoms with Crippen molar-refractivity contribution in [1.82, 2.24) is 0 Å². The molecule has 0 spiro atoms. The van der Waals surface area contributed by atoms with E-state index in [1.807, 2.05) is 0 Å². The summed E-state index contributed by atoms with van der Waals surface area (Å²) in [5.41, 5.74) is 0.0893. The normalized spacial score (nSPS) is 11.1. The lowest BCUT2D eigenvalue weighted by Gasteiger charge is -2.14. The van der Waals surface area contributed by atoms with Gasteiger partial charge in [0, 0.05) is 5.56 Å². The van der Waals surface area contributed by atoms with Crippen LogP contribution in [0.1, 0.15) is 36.5 Å². The van der Waals surface area contributed by atoms with E-state index in [1.165, 1.54) is 13.8 Å². The van der Waals surface area contributed by atoms with E-state index < -0.39 is 17.5 Å². The van der Waals surface area contributed by atoms with Crippen LogP contribution in [0.4, 0.5) is 13.2 Å². The first kappa shape index (κ1) is 11.1. The number of rotatable bonds is 1. The van der Waals surface area contributed by atoms with E-state index in [1.54, 1.807) is 13.8 Å². The molecule has 0 aliphatic heterocycles. The summed E-state index contributed by atoms with van der Waals surface area (Å²) in [4.78, 5) is 0. The lowest BCUT2D eigenvalue weighted by atomic mass is 9.94. The van der Waals surface area contributed by atoms with Crippen LogP contribution in [0.5, 0.6) is 0 Å². The van der Waals surface area contributed by atoms with Crippen LogP contribution in [-0.2, 0) is 0 Å². The van der Waals surface area contributed by atoms with E-state index in [0.29, 0.717) is 0 Å². The molecule has 0 radical (unpaired) electrons. The standard InChI is InChI=1S/C11H13F3/c1-5(2)8-6(3)9(12)7(4)10(13)11(8)14/h5H,1-4H3. The van der Waals surface area contributed by atoms with Gasteiger partial charge in [-0.15, -0.1) is 0 Å². The van der Waals surface area contributed by atoms with Crippen molar-refractivity contribution in [2.75, 3.05) is 0 Å². The van der Waals surface area contributed by atoms with Crippen LogP contribution in [-0.4, -0.2) is 0 Å². The van der Waals surface area contributed by atoms with Gasteiger partial charge in [-0.25, -0.2) is 13.2 Å². The van der Waals surface area contributed by atoms with Crippen LogP contribution in [0.25, 0.3) is 0 Å². The zero-order chi connectivity index (χ0) is 11.0. The largest absolute Gasteiger partial charge is 0.206 e. The molecule has 1 rings (SSSR count). The maximum atomic E-state index is 13.4. The minimum Gasteiger partial charge on any atom is -0.206 e. The predicted molar refractivity (Wildman–Crippen MR) is 49.9 cm³/mol. The Kier molecular flexibility index (Phi) is 2.88. The summed E-state index contributed by atoms with van der Waals surface area (Å²) in [6.07, 6.45) is 0. The molecule has 0 saturated carbocycles. The van der Waals surface area contributed by atoms with Crippen molar-refractivity contribution in [3.8, 4) is 0 Å². The lowest BCUT2D eigenvalue weighted by molar-refractivity contribution is 0.468. The molecule has 0 amide bonds. The van der Waals surface area contributed by atoms with Gasteiger partial charge in [-0.05, 0) is 30.9 Å². The van der Waals surface area contributed by atoms with Crippen molar-refractivity contribution >= 4 is 0 Å². The molecule has 0 aliphatic carbocycles. The Morgan fingerprint density at radius 2 is 1.29 bits per heavy atom. The molecule has 1 aromatic rings.